The third kappa shape index (κ3) is 2.76. The highest BCUT2D eigenvalue weighted by Crippen LogP contribution is 2.34. The van der Waals surface area contributed by atoms with E-state index in [-0.39, 0.29) is 22.1 Å². The van der Waals surface area contributed by atoms with Gasteiger partial charge in [-0.05, 0) is 18.9 Å². The van der Waals surface area contributed by atoms with Gasteiger partial charge >= 0.3 is 5.69 Å². The average molecular weight is 280 g/mol. The van der Waals surface area contributed by atoms with Crippen molar-refractivity contribution in [1.29, 1.82) is 0 Å². The molecule has 0 aliphatic heterocycles. The molecular weight excluding hydrogens is 266 g/mol. The van der Waals surface area contributed by atoms with Gasteiger partial charge < -0.3 is 5.32 Å². The summed E-state index contributed by atoms with van der Waals surface area (Å²) < 4.78 is 0. The third-order valence-electron chi connectivity index (χ3n) is 3.20. The second kappa shape index (κ2) is 5.40. The lowest BCUT2D eigenvalue weighted by Gasteiger charge is -2.31. The summed E-state index contributed by atoms with van der Waals surface area (Å²) in [7, 11) is 0. The highest BCUT2D eigenvalue weighted by Gasteiger charge is 2.29. The van der Waals surface area contributed by atoms with E-state index in [1.807, 2.05) is 31.2 Å². The first-order chi connectivity index (χ1) is 9.08. The van der Waals surface area contributed by atoms with Gasteiger partial charge in [-0.15, -0.1) is 0 Å². The zero-order chi connectivity index (χ0) is 13.9. The van der Waals surface area contributed by atoms with Crippen LogP contribution in [0.3, 0.4) is 0 Å². The standard InChI is InChI=1S/C13H14ClN3O2/c1-2-13(7-4-3-5-8-13)16-12-11(17(18)19)10(14)6-9-15-12/h3-7,9H,2,8H2,1H3,(H,15,16). The number of allylic oxidation sites excluding steroid dienone is 2. The van der Waals surface area contributed by atoms with Gasteiger partial charge in [0.25, 0.3) is 0 Å². The first-order valence-corrected chi connectivity index (χ1v) is 6.37. The summed E-state index contributed by atoms with van der Waals surface area (Å²) in [5.74, 6) is 0.208. The number of nitrogens with one attached hydrogen (secondary N) is 1. The minimum absolute atomic E-state index is 0.0871. The summed E-state index contributed by atoms with van der Waals surface area (Å²) in [6.45, 7) is 2.02. The summed E-state index contributed by atoms with van der Waals surface area (Å²) in [5.41, 5.74) is -0.531. The number of aromatic nitrogens is 1. The van der Waals surface area contributed by atoms with Gasteiger partial charge in [0.15, 0.2) is 0 Å². The summed E-state index contributed by atoms with van der Waals surface area (Å²) in [6, 6.07) is 1.42. The van der Waals surface area contributed by atoms with E-state index in [9.17, 15) is 10.1 Å². The topological polar surface area (TPSA) is 68.1 Å². The first kappa shape index (κ1) is 13.5. The molecule has 0 radical (unpaired) electrons. The quantitative estimate of drug-likeness (QED) is 0.674. The van der Waals surface area contributed by atoms with Crippen LogP contribution < -0.4 is 5.32 Å². The number of anilines is 1. The Morgan fingerprint density at radius 1 is 1.58 bits per heavy atom. The summed E-state index contributed by atoms with van der Waals surface area (Å²) in [4.78, 5) is 14.6. The van der Waals surface area contributed by atoms with E-state index in [2.05, 4.69) is 10.3 Å². The Hall–Kier alpha value is -1.88. The van der Waals surface area contributed by atoms with Crippen LogP contribution in [0.1, 0.15) is 19.8 Å². The molecule has 0 saturated carbocycles. The predicted octanol–water partition coefficient (Wildman–Crippen LogP) is 3.72. The summed E-state index contributed by atoms with van der Waals surface area (Å²) >= 11 is 5.88. The molecule has 0 amide bonds. The van der Waals surface area contributed by atoms with Crippen molar-refractivity contribution in [3.8, 4) is 0 Å². The molecule has 1 aromatic rings. The molecule has 1 unspecified atom stereocenters. The van der Waals surface area contributed by atoms with Crippen LogP contribution in [0.25, 0.3) is 0 Å². The SMILES string of the molecule is CCC1(Nc2nccc(Cl)c2[N+](=O)[O-])C=CC=CC1. The molecule has 1 atom stereocenters. The van der Waals surface area contributed by atoms with E-state index in [1.165, 1.54) is 12.3 Å². The van der Waals surface area contributed by atoms with Gasteiger partial charge in [0, 0.05) is 6.20 Å². The zero-order valence-corrected chi connectivity index (χ0v) is 11.2. The number of pyridine rings is 1. The Labute approximate surface area is 116 Å². The lowest BCUT2D eigenvalue weighted by molar-refractivity contribution is -0.384. The van der Waals surface area contributed by atoms with Crippen LogP contribution in [0.4, 0.5) is 11.5 Å². The third-order valence-corrected chi connectivity index (χ3v) is 3.51. The normalized spacial score (nSPS) is 21.4. The maximum atomic E-state index is 11.1. The molecule has 0 bridgehead atoms. The van der Waals surface area contributed by atoms with Crippen molar-refractivity contribution in [3.63, 3.8) is 0 Å². The summed E-state index contributed by atoms with van der Waals surface area (Å²) in [5, 5.41) is 14.3. The fraction of sp³-hybridized carbons (Fsp3) is 0.308. The number of nitro groups is 1. The lowest BCUT2D eigenvalue weighted by atomic mass is 9.88. The second-order valence-electron chi connectivity index (χ2n) is 4.37. The van der Waals surface area contributed by atoms with Crippen molar-refractivity contribution in [3.05, 3.63) is 51.7 Å². The van der Waals surface area contributed by atoms with Crippen molar-refractivity contribution in [2.24, 2.45) is 0 Å². The molecule has 0 aromatic carbocycles. The molecule has 19 heavy (non-hydrogen) atoms. The highest BCUT2D eigenvalue weighted by molar-refractivity contribution is 6.33. The van der Waals surface area contributed by atoms with E-state index in [0.29, 0.717) is 0 Å². The molecule has 5 nitrogen and oxygen atoms in total. The largest absolute Gasteiger partial charge is 0.355 e. The van der Waals surface area contributed by atoms with E-state index in [4.69, 9.17) is 11.6 Å². The Balaban J connectivity index is 2.38. The summed E-state index contributed by atoms with van der Waals surface area (Å²) in [6.07, 6.45) is 10.9. The van der Waals surface area contributed by atoms with E-state index >= 15 is 0 Å². The molecule has 1 heterocycles. The first-order valence-electron chi connectivity index (χ1n) is 5.99. The number of nitrogens with zero attached hydrogens (tertiary/aromatic N) is 2. The molecule has 2 rings (SSSR count). The Morgan fingerprint density at radius 3 is 2.95 bits per heavy atom. The number of halogens is 1. The Morgan fingerprint density at radius 2 is 2.37 bits per heavy atom. The molecule has 1 aliphatic rings. The van der Waals surface area contributed by atoms with Crippen LogP contribution in [0.2, 0.25) is 5.02 Å². The van der Waals surface area contributed by atoms with Crippen LogP contribution in [-0.4, -0.2) is 15.4 Å². The van der Waals surface area contributed by atoms with Gasteiger partial charge in [-0.3, -0.25) is 10.1 Å². The van der Waals surface area contributed by atoms with Gasteiger partial charge in [-0.1, -0.05) is 42.8 Å². The molecule has 100 valence electrons. The van der Waals surface area contributed by atoms with Crippen LogP contribution >= 0.6 is 11.6 Å². The minimum Gasteiger partial charge on any atom is -0.355 e. The number of hydrogen-bond donors (Lipinski definition) is 1. The molecule has 1 N–H and O–H groups in total. The molecule has 6 heteroatoms. The van der Waals surface area contributed by atoms with Gasteiger partial charge in [0.1, 0.15) is 5.02 Å². The van der Waals surface area contributed by atoms with Gasteiger partial charge in [-0.2, -0.15) is 0 Å². The van der Waals surface area contributed by atoms with Crippen LogP contribution in [0, 0.1) is 10.1 Å². The van der Waals surface area contributed by atoms with Crippen LogP contribution in [0.5, 0.6) is 0 Å². The van der Waals surface area contributed by atoms with Crippen LogP contribution in [0.15, 0.2) is 36.6 Å². The van der Waals surface area contributed by atoms with E-state index in [0.717, 1.165) is 12.8 Å². The van der Waals surface area contributed by atoms with E-state index in [1.54, 1.807) is 0 Å². The highest BCUT2D eigenvalue weighted by atomic mass is 35.5. The smallest absolute Gasteiger partial charge is 0.329 e. The van der Waals surface area contributed by atoms with Crippen molar-refractivity contribution in [1.82, 2.24) is 4.98 Å². The van der Waals surface area contributed by atoms with Crippen LogP contribution in [-0.2, 0) is 0 Å². The van der Waals surface area contributed by atoms with Crippen molar-refractivity contribution in [2.75, 3.05) is 5.32 Å². The average Bonchev–Trinajstić information content (AvgIpc) is 2.39. The van der Waals surface area contributed by atoms with Crippen molar-refractivity contribution in [2.45, 2.75) is 25.3 Å². The van der Waals surface area contributed by atoms with Crippen molar-refractivity contribution >= 4 is 23.1 Å². The maximum Gasteiger partial charge on any atom is 0.329 e. The number of rotatable bonds is 4. The molecule has 0 saturated heterocycles. The van der Waals surface area contributed by atoms with E-state index < -0.39 is 4.92 Å². The fourth-order valence-corrected chi connectivity index (χ4v) is 2.25. The maximum absolute atomic E-state index is 11.1. The molecule has 1 aliphatic carbocycles. The van der Waals surface area contributed by atoms with Crippen molar-refractivity contribution < 1.29 is 4.92 Å². The second-order valence-corrected chi connectivity index (χ2v) is 4.78. The fourth-order valence-electron chi connectivity index (χ4n) is 2.04. The molecule has 1 aromatic heterocycles. The predicted molar refractivity (Wildman–Crippen MR) is 75.4 cm³/mol. The number of hydrogen-bond acceptors (Lipinski definition) is 4. The monoisotopic (exact) mass is 279 g/mol. The Bertz CT molecular complexity index is 557. The molecular formula is C13H14ClN3O2. The zero-order valence-electron chi connectivity index (χ0n) is 10.5. The molecule has 0 fully saturated rings. The van der Waals surface area contributed by atoms with Gasteiger partial charge in [-0.25, -0.2) is 4.98 Å². The van der Waals surface area contributed by atoms with Gasteiger partial charge in [0.05, 0.1) is 10.5 Å². The Kier molecular flexibility index (Phi) is 3.85. The minimum atomic E-state index is -0.511. The molecule has 0 spiro atoms. The lowest BCUT2D eigenvalue weighted by Crippen LogP contribution is -2.36. The van der Waals surface area contributed by atoms with Gasteiger partial charge in [0.2, 0.25) is 5.82 Å².